The van der Waals surface area contributed by atoms with Gasteiger partial charge in [0, 0.05) is 12.1 Å². The number of aryl methyl sites for hydroxylation is 2. The van der Waals surface area contributed by atoms with Gasteiger partial charge in [0.2, 0.25) is 18.4 Å². The van der Waals surface area contributed by atoms with E-state index < -0.39 is 0 Å². The van der Waals surface area contributed by atoms with Gasteiger partial charge in [0.25, 0.3) is 0 Å². The molecule has 0 bridgehead atoms. The molecule has 1 unspecified atom stereocenters. The highest BCUT2D eigenvalue weighted by Gasteiger charge is 2.40. The Hall–Kier alpha value is -3.06. The van der Waals surface area contributed by atoms with Crippen molar-refractivity contribution in [3.63, 3.8) is 0 Å². The molecule has 2 aliphatic heterocycles. The van der Waals surface area contributed by atoms with Crippen molar-refractivity contribution >= 4 is 0 Å². The Morgan fingerprint density at radius 2 is 2.03 bits per heavy atom. The van der Waals surface area contributed by atoms with Gasteiger partial charge in [0.1, 0.15) is 6.33 Å². The summed E-state index contributed by atoms with van der Waals surface area (Å²) in [7, 11) is 3.88. The van der Waals surface area contributed by atoms with E-state index in [2.05, 4.69) is 59.9 Å². The molecule has 1 N–H and O–H groups in total. The first-order valence-electron chi connectivity index (χ1n) is 9.87. The fourth-order valence-corrected chi connectivity index (χ4v) is 4.39. The van der Waals surface area contributed by atoms with Crippen LogP contribution in [0.15, 0.2) is 30.6 Å². The third kappa shape index (κ3) is 2.76. The smallest absolute Gasteiger partial charge is 0.231 e. The monoisotopic (exact) mass is 393 g/mol. The van der Waals surface area contributed by atoms with Crippen LogP contribution in [0, 0.1) is 13.8 Å². The SMILES string of the molecule is COc1c2c(cc3c1[C@@H](c1nncn1-c1ccc(C)c(C)c1)[NH+](C)CC3)OCO2. The summed E-state index contributed by atoms with van der Waals surface area (Å²) in [5, 5.41) is 8.82. The standard InChI is InChI=1S/C22H24N4O3/c1-13-5-6-16(9-14(13)2)26-11-23-24-22(26)19-18-15(7-8-25(19)3)10-17-20(21(18)27-4)29-12-28-17/h5-6,9-11,19H,7-8,12H2,1-4H3/p+1/t19-/m0/s1. The Kier molecular flexibility index (Phi) is 4.20. The van der Waals surface area contributed by atoms with Gasteiger partial charge >= 0.3 is 0 Å². The molecule has 0 amide bonds. The van der Waals surface area contributed by atoms with E-state index in [0.29, 0.717) is 5.75 Å². The Balaban J connectivity index is 1.69. The van der Waals surface area contributed by atoms with Gasteiger partial charge in [-0.05, 0) is 48.7 Å². The van der Waals surface area contributed by atoms with Crippen LogP contribution in [0.4, 0.5) is 0 Å². The van der Waals surface area contributed by atoms with E-state index in [1.807, 2.05) is 0 Å². The molecule has 2 aliphatic rings. The second-order valence-corrected chi connectivity index (χ2v) is 7.82. The Labute approximate surface area is 169 Å². The van der Waals surface area contributed by atoms with E-state index in [-0.39, 0.29) is 12.8 Å². The minimum atomic E-state index is -0.0210. The van der Waals surface area contributed by atoms with Crippen LogP contribution in [0.3, 0.4) is 0 Å². The highest BCUT2D eigenvalue weighted by atomic mass is 16.7. The summed E-state index contributed by atoms with van der Waals surface area (Å²) in [6.07, 6.45) is 2.74. The molecule has 150 valence electrons. The number of likely N-dealkylation sites (N-methyl/N-ethyl adjacent to an activating group) is 1. The number of hydrogen-bond donors (Lipinski definition) is 1. The number of ether oxygens (including phenoxy) is 3. The molecule has 5 rings (SSSR count). The molecule has 29 heavy (non-hydrogen) atoms. The predicted molar refractivity (Wildman–Crippen MR) is 107 cm³/mol. The van der Waals surface area contributed by atoms with E-state index in [4.69, 9.17) is 14.2 Å². The van der Waals surface area contributed by atoms with Gasteiger partial charge in [0.15, 0.2) is 17.5 Å². The molecule has 0 saturated carbocycles. The third-order valence-electron chi connectivity index (χ3n) is 6.12. The first-order chi connectivity index (χ1) is 14.1. The van der Waals surface area contributed by atoms with Crippen LogP contribution in [-0.2, 0) is 6.42 Å². The second-order valence-electron chi connectivity index (χ2n) is 7.82. The van der Waals surface area contributed by atoms with Gasteiger partial charge in [-0.25, -0.2) is 0 Å². The molecule has 1 aromatic heterocycles. The van der Waals surface area contributed by atoms with Crippen LogP contribution in [0.1, 0.15) is 34.1 Å². The van der Waals surface area contributed by atoms with Crippen molar-refractivity contribution in [1.29, 1.82) is 0 Å². The van der Waals surface area contributed by atoms with Gasteiger partial charge in [-0.3, -0.25) is 4.57 Å². The van der Waals surface area contributed by atoms with Crippen molar-refractivity contribution in [3.8, 4) is 22.9 Å². The normalized spacial score (nSPS) is 19.9. The van der Waals surface area contributed by atoms with E-state index >= 15 is 0 Å². The Morgan fingerprint density at radius 3 is 2.83 bits per heavy atom. The second kappa shape index (κ2) is 6.77. The zero-order chi connectivity index (χ0) is 20.1. The van der Waals surface area contributed by atoms with Crippen LogP contribution in [0.5, 0.6) is 17.2 Å². The van der Waals surface area contributed by atoms with Crippen LogP contribution in [0.2, 0.25) is 0 Å². The highest BCUT2D eigenvalue weighted by molar-refractivity contribution is 5.62. The third-order valence-corrected chi connectivity index (χ3v) is 6.12. The molecular formula is C22H25N4O3+. The number of nitrogens with zero attached hydrogens (tertiary/aromatic N) is 3. The molecule has 7 nitrogen and oxygen atoms in total. The first-order valence-corrected chi connectivity index (χ1v) is 9.87. The Morgan fingerprint density at radius 1 is 1.17 bits per heavy atom. The molecule has 0 saturated heterocycles. The fraction of sp³-hybridized carbons (Fsp3) is 0.364. The molecule has 7 heteroatoms. The van der Waals surface area contributed by atoms with Gasteiger partial charge in [-0.2, -0.15) is 0 Å². The van der Waals surface area contributed by atoms with E-state index in [9.17, 15) is 0 Å². The summed E-state index contributed by atoms with van der Waals surface area (Å²) in [6, 6.07) is 8.50. The average Bonchev–Trinajstić information content (AvgIpc) is 3.38. The van der Waals surface area contributed by atoms with E-state index in [1.54, 1.807) is 13.4 Å². The quantitative estimate of drug-likeness (QED) is 0.735. The van der Waals surface area contributed by atoms with Crippen molar-refractivity contribution < 1.29 is 19.1 Å². The van der Waals surface area contributed by atoms with Gasteiger partial charge in [-0.1, -0.05) is 6.07 Å². The maximum Gasteiger partial charge on any atom is 0.231 e. The summed E-state index contributed by atoms with van der Waals surface area (Å²) in [6.45, 7) is 5.45. The molecule has 0 radical (unpaired) electrons. The fourth-order valence-electron chi connectivity index (χ4n) is 4.39. The number of benzene rings is 2. The summed E-state index contributed by atoms with van der Waals surface area (Å²) >= 11 is 0. The number of rotatable bonds is 3. The minimum Gasteiger partial charge on any atom is -0.492 e. The molecule has 0 fully saturated rings. The molecule has 0 aliphatic carbocycles. The lowest BCUT2D eigenvalue weighted by Gasteiger charge is -2.32. The number of nitrogens with one attached hydrogen (secondary N) is 1. The summed E-state index contributed by atoms with van der Waals surface area (Å²) in [5.74, 6) is 3.08. The number of methoxy groups -OCH3 is 1. The molecule has 2 atom stereocenters. The van der Waals surface area contributed by atoms with Crippen molar-refractivity contribution in [2.75, 3.05) is 27.5 Å². The number of aromatic nitrogens is 3. The summed E-state index contributed by atoms with van der Waals surface area (Å²) in [4.78, 5) is 1.34. The predicted octanol–water partition coefficient (Wildman–Crippen LogP) is 1.78. The molecule has 0 spiro atoms. The molecule has 3 heterocycles. The lowest BCUT2D eigenvalue weighted by molar-refractivity contribution is -0.909. The summed E-state index contributed by atoms with van der Waals surface area (Å²) in [5.41, 5.74) is 5.90. The van der Waals surface area contributed by atoms with Crippen molar-refractivity contribution in [2.45, 2.75) is 26.3 Å². The van der Waals surface area contributed by atoms with Crippen LogP contribution in [0.25, 0.3) is 5.69 Å². The zero-order valence-corrected chi connectivity index (χ0v) is 17.2. The molecule has 3 aromatic rings. The minimum absolute atomic E-state index is 0.0210. The lowest BCUT2D eigenvalue weighted by atomic mass is 9.90. The topological polar surface area (TPSA) is 62.8 Å². The molecular weight excluding hydrogens is 368 g/mol. The first kappa shape index (κ1) is 18.0. The summed E-state index contributed by atoms with van der Waals surface area (Å²) < 4.78 is 19.3. The average molecular weight is 393 g/mol. The largest absolute Gasteiger partial charge is 0.492 e. The van der Waals surface area contributed by atoms with Gasteiger partial charge < -0.3 is 19.1 Å². The number of hydrogen-bond acceptors (Lipinski definition) is 5. The molecule has 2 aromatic carbocycles. The van der Waals surface area contributed by atoms with Crippen LogP contribution in [-0.4, -0.2) is 42.3 Å². The van der Waals surface area contributed by atoms with Crippen molar-refractivity contribution in [1.82, 2.24) is 14.8 Å². The number of fused-ring (bicyclic) bond motifs is 2. The van der Waals surface area contributed by atoms with Crippen molar-refractivity contribution in [3.05, 3.63) is 58.7 Å². The maximum absolute atomic E-state index is 5.84. The number of quaternary nitrogens is 1. The van der Waals surface area contributed by atoms with Crippen LogP contribution < -0.4 is 19.1 Å². The maximum atomic E-state index is 5.84. The zero-order valence-electron chi connectivity index (χ0n) is 17.2. The lowest BCUT2D eigenvalue weighted by Crippen LogP contribution is -3.10. The highest BCUT2D eigenvalue weighted by Crippen LogP contribution is 2.48. The van der Waals surface area contributed by atoms with E-state index in [1.165, 1.54) is 21.6 Å². The van der Waals surface area contributed by atoms with E-state index in [0.717, 1.165) is 41.5 Å². The van der Waals surface area contributed by atoms with Gasteiger partial charge in [0.05, 0.1) is 26.3 Å². The van der Waals surface area contributed by atoms with Crippen molar-refractivity contribution in [2.24, 2.45) is 0 Å². The van der Waals surface area contributed by atoms with Gasteiger partial charge in [-0.15, -0.1) is 10.2 Å². The Bertz CT molecular complexity index is 1090. The van der Waals surface area contributed by atoms with Crippen LogP contribution >= 0.6 is 0 Å².